The maximum Gasteiger partial charge on any atom is 0.407 e. The van der Waals surface area contributed by atoms with Crippen molar-refractivity contribution in [2.75, 3.05) is 12.4 Å². The third-order valence-electron chi connectivity index (χ3n) is 4.66. The van der Waals surface area contributed by atoms with Crippen LogP contribution in [-0.2, 0) is 19.1 Å². The maximum atomic E-state index is 12.4. The van der Waals surface area contributed by atoms with E-state index in [0.717, 1.165) is 0 Å². The summed E-state index contributed by atoms with van der Waals surface area (Å²) in [7, 11) is 1.54. The van der Waals surface area contributed by atoms with E-state index in [0.29, 0.717) is 24.3 Å². The summed E-state index contributed by atoms with van der Waals surface area (Å²) in [6.45, 7) is 5.19. The molecule has 0 aliphatic heterocycles. The summed E-state index contributed by atoms with van der Waals surface area (Å²) in [5.41, 5.74) is -0.705. The van der Waals surface area contributed by atoms with Crippen LogP contribution in [0.25, 0.3) is 0 Å². The minimum atomic E-state index is -0.903. The Morgan fingerprint density at radius 2 is 1.77 bits per heavy atom. The first kappa shape index (κ1) is 24.4. The van der Waals surface area contributed by atoms with Gasteiger partial charge in [0.1, 0.15) is 11.4 Å². The first-order valence-electron chi connectivity index (χ1n) is 9.93. The molecule has 1 aromatic rings. The topological polar surface area (TPSA) is 139 Å². The van der Waals surface area contributed by atoms with E-state index in [1.165, 1.54) is 18.3 Å². The van der Waals surface area contributed by atoms with Crippen molar-refractivity contribution in [2.45, 2.75) is 57.7 Å². The third-order valence-corrected chi connectivity index (χ3v) is 4.88. The highest BCUT2D eigenvalue weighted by Gasteiger charge is 2.37. The van der Waals surface area contributed by atoms with Crippen LogP contribution in [0.5, 0.6) is 0 Å². The lowest BCUT2D eigenvalue weighted by Crippen LogP contribution is -2.57. The Bertz CT molecular complexity index is 824. The number of nitrogens with zero attached hydrogens (tertiary/aromatic N) is 1. The molecule has 170 valence electrons. The van der Waals surface area contributed by atoms with Gasteiger partial charge in [0.05, 0.1) is 11.1 Å². The zero-order chi connectivity index (χ0) is 23.2. The monoisotopic (exact) mass is 453 g/mol. The Hall–Kier alpha value is -2.88. The average molecular weight is 454 g/mol. The summed E-state index contributed by atoms with van der Waals surface area (Å²) in [6, 6.07) is 1.86. The van der Waals surface area contributed by atoms with Gasteiger partial charge in [0.25, 0.3) is 0 Å². The van der Waals surface area contributed by atoms with E-state index in [9.17, 15) is 19.2 Å². The Kier molecular flexibility index (Phi) is 8.21. The SMILES string of the molecule is CNC(=O)[C@H]1CC[C@@H](NC(=O)C(=O)Nc2ccc(Cl)cn2)[C@H](NC(=O)OC(C)(C)C)C1. The van der Waals surface area contributed by atoms with Gasteiger partial charge in [0.2, 0.25) is 5.91 Å². The molecule has 3 atom stereocenters. The fourth-order valence-corrected chi connectivity index (χ4v) is 3.37. The zero-order valence-electron chi connectivity index (χ0n) is 18.0. The second-order valence-electron chi connectivity index (χ2n) is 8.27. The maximum absolute atomic E-state index is 12.4. The highest BCUT2D eigenvalue weighted by Crippen LogP contribution is 2.25. The molecule has 0 spiro atoms. The van der Waals surface area contributed by atoms with Crippen LogP contribution in [0.3, 0.4) is 0 Å². The van der Waals surface area contributed by atoms with E-state index in [1.54, 1.807) is 27.8 Å². The van der Waals surface area contributed by atoms with E-state index in [-0.39, 0.29) is 17.6 Å². The van der Waals surface area contributed by atoms with Gasteiger partial charge in [-0.2, -0.15) is 0 Å². The van der Waals surface area contributed by atoms with Gasteiger partial charge < -0.3 is 26.0 Å². The number of carbonyl (C=O) groups excluding carboxylic acids is 4. The quantitative estimate of drug-likeness (QED) is 0.511. The number of nitrogens with one attached hydrogen (secondary N) is 4. The molecule has 1 fully saturated rings. The number of halogens is 1. The number of aromatic nitrogens is 1. The number of ether oxygens (including phenoxy) is 1. The van der Waals surface area contributed by atoms with Crippen LogP contribution in [0, 0.1) is 5.92 Å². The van der Waals surface area contributed by atoms with Crippen molar-refractivity contribution in [3.05, 3.63) is 23.4 Å². The van der Waals surface area contributed by atoms with Crippen molar-refractivity contribution in [3.63, 3.8) is 0 Å². The van der Waals surface area contributed by atoms with Crippen molar-refractivity contribution >= 4 is 41.2 Å². The molecule has 2 rings (SSSR count). The fraction of sp³-hybridized carbons (Fsp3) is 0.550. The predicted octanol–water partition coefficient (Wildman–Crippen LogP) is 1.60. The van der Waals surface area contributed by atoms with Gasteiger partial charge in [-0.05, 0) is 52.2 Å². The Labute approximate surface area is 185 Å². The number of amides is 4. The van der Waals surface area contributed by atoms with Crippen LogP contribution in [0.1, 0.15) is 40.0 Å². The van der Waals surface area contributed by atoms with Crippen molar-refractivity contribution in [2.24, 2.45) is 5.92 Å². The van der Waals surface area contributed by atoms with E-state index < -0.39 is 35.6 Å². The molecule has 0 aromatic carbocycles. The summed E-state index contributed by atoms with van der Waals surface area (Å²) in [4.78, 5) is 52.9. The first-order valence-corrected chi connectivity index (χ1v) is 10.3. The standard InChI is InChI=1S/C20H28ClN5O5/c1-20(2,3)31-19(30)25-14-9-11(16(27)22-4)5-7-13(14)24-17(28)18(29)26-15-8-6-12(21)10-23-15/h6,8,10-11,13-14H,5,7,9H2,1-4H3,(H,22,27)(H,24,28)(H,25,30)(H,23,26,29)/t11-,13+,14+/m0/s1. The molecule has 4 amide bonds. The Morgan fingerprint density at radius 1 is 1.06 bits per heavy atom. The average Bonchev–Trinajstić information content (AvgIpc) is 2.68. The van der Waals surface area contributed by atoms with Crippen molar-refractivity contribution in [1.29, 1.82) is 0 Å². The molecule has 4 N–H and O–H groups in total. The molecule has 11 heteroatoms. The van der Waals surface area contributed by atoms with Crippen LogP contribution >= 0.6 is 11.6 Å². The lowest BCUT2D eigenvalue weighted by atomic mass is 9.81. The van der Waals surface area contributed by atoms with Crippen LogP contribution in [-0.4, -0.2) is 53.5 Å². The summed E-state index contributed by atoms with van der Waals surface area (Å²) in [5.74, 6) is -2.08. The van der Waals surface area contributed by atoms with Gasteiger partial charge >= 0.3 is 17.9 Å². The molecule has 31 heavy (non-hydrogen) atoms. The van der Waals surface area contributed by atoms with Gasteiger partial charge in [0, 0.05) is 25.2 Å². The molecule has 0 unspecified atom stereocenters. The molecule has 1 aliphatic rings. The minimum absolute atomic E-state index is 0.146. The molecular weight excluding hydrogens is 426 g/mol. The molecule has 0 bridgehead atoms. The first-order chi connectivity index (χ1) is 14.5. The van der Waals surface area contributed by atoms with Crippen molar-refractivity contribution in [1.82, 2.24) is 20.9 Å². The number of carbonyl (C=O) groups is 4. The van der Waals surface area contributed by atoms with Crippen molar-refractivity contribution in [3.8, 4) is 0 Å². The zero-order valence-corrected chi connectivity index (χ0v) is 18.7. The van der Waals surface area contributed by atoms with Crippen LogP contribution in [0.4, 0.5) is 10.6 Å². The molecular formula is C20H28ClN5O5. The summed E-state index contributed by atoms with van der Waals surface area (Å²) in [5, 5.41) is 10.7. The fourth-order valence-electron chi connectivity index (χ4n) is 3.26. The van der Waals surface area contributed by atoms with Gasteiger partial charge in [0.15, 0.2) is 0 Å². The van der Waals surface area contributed by atoms with Gasteiger partial charge in [-0.1, -0.05) is 11.6 Å². The smallest absolute Gasteiger partial charge is 0.407 e. The number of rotatable bonds is 4. The van der Waals surface area contributed by atoms with E-state index in [2.05, 4.69) is 26.3 Å². The van der Waals surface area contributed by atoms with Crippen LogP contribution in [0.15, 0.2) is 18.3 Å². The number of hydrogen-bond acceptors (Lipinski definition) is 6. The van der Waals surface area contributed by atoms with Crippen LogP contribution < -0.4 is 21.3 Å². The van der Waals surface area contributed by atoms with Crippen molar-refractivity contribution < 1.29 is 23.9 Å². The summed E-state index contributed by atoms with van der Waals surface area (Å²) in [6.07, 6.45) is 1.87. The molecule has 10 nitrogen and oxygen atoms in total. The second kappa shape index (κ2) is 10.4. The van der Waals surface area contributed by atoms with Gasteiger partial charge in [-0.3, -0.25) is 14.4 Å². The highest BCUT2D eigenvalue weighted by atomic mass is 35.5. The van der Waals surface area contributed by atoms with Crippen LogP contribution in [0.2, 0.25) is 5.02 Å². The van der Waals surface area contributed by atoms with E-state index >= 15 is 0 Å². The van der Waals surface area contributed by atoms with E-state index in [1.807, 2.05) is 0 Å². The normalized spacial score (nSPS) is 20.9. The summed E-state index contributed by atoms with van der Waals surface area (Å²) >= 11 is 5.75. The summed E-state index contributed by atoms with van der Waals surface area (Å²) < 4.78 is 5.29. The molecule has 1 aromatic heterocycles. The number of pyridine rings is 1. The molecule has 1 aliphatic carbocycles. The van der Waals surface area contributed by atoms with Gasteiger partial charge in [-0.25, -0.2) is 9.78 Å². The largest absolute Gasteiger partial charge is 0.444 e. The highest BCUT2D eigenvalue weighted by molar-refractivity contribution is 6.39. The van der Waals surface area contributed by atoms with E-state index in [4.69, 9.17) is 16.3 Å². The molecule has 0 radical (unpaired) electrons. The lowest BCUT2D eigenvalue weighted by Gasteiger charge is -2.36. The minimum Gasteiger partial charge on any atom is -0.444 e. The predicted molar refractivity (Wildman–Crippen MR) is 114 cm³/mol. The number of anilines is 1. The molecule has 1 heterocycles. The molecule has 1 saturated carbocycles. The number of hydrogen-bond donors (Lipinski definition) is 4. The third kappa shape index (κ3) is 7.71. The molecule has 0 saturated heterocycles. The van der Waals surface area contributed by atoms with Gasteiger partial charge in [-0.15, -0.1) is 0 Å². The lowest BCUT2D eigenvalue weighted by molar-refractivity contribution is -0.137. The number of alkyl carbamates (subject to hydrolysis) is 1. The Morgan fingerprint density at radius 3 is 2.35 bits per heavy atom. The second-order valence-corrected chi connectivity index (χ2v) is 8.71. The Balaban J connectivity index is 2.04.